The normalized spacial score (nSPS) is 19.8. The molecule has 0 aliphatic carbocycles. The first-order chi connectivity index (χ1) is 17.6. The number of nitrogens with zero attached hydrogens (tertiary/aromatic N) is 6. The van der Waals surface area contributed by atoms with Gasteiger partial charge in [-0.1, -0.05) is 6.07 Å². The van der Waals surface area contributed by atoms with Crippen LogP contribution in [0.5, 0.6) is 0 Å². The van der Waals surface area contributed by atoms with Crippen molar-refractivity contribution in [1.29, 1.82) is 5.26 Å². The maximum absolute atomic E-state index is 11.9. The van der Waals surface area contributed by atoms with Gasteiger partial charge in [-0.2, -0.15) is 10.4 Å². The van der Waals surface area contributed by atoms with E-state index in [4.69, 9.17) is 4.74 Å². The van der Waals surface area contributed by atoms with Gasteiger partial charge in [0.15, 0.2) is 5.82 Å². The smallest absolute Gasteiger partial charge is 0.338 e. The molecule has 0 amide bonds. The third-order valence-electron chi connectivity index (χ3n) is 7.56. The molecule has 0 bridgehead atoms. The van der Waals surface area contributed by atoms with Crippen LogP contribution in [-0.2, 0) is 17.9 Å². The molecule has 3 aliphatic rings. The number of ether oxygens (including phenoxy) is 1. The summed E-state index contributed by atoms with van der Waals surface area (Å²) in [5, 5.41) is 17.9. The van der Waals surface area contributed by atoms with Crippen LogP contribution in [0.4, 0.5) is 5.69 Å². The highest BCUT2D eigenvalue weighted by atomic mass is 16.5. The first-order valence-corrected chi connectivity index (χ1v) is 12.5. The third-order valence-corrected chi connectivity index (χ3v) is 7.56. The number of fused-ring (bicyclic) bond motifs is 1. The minimum atomic E-state index is -0.225. The summed E-state index contributed by atoms with van der Waals surface area (Å²) in [7, 11) is 0. The molecule has 1 aromatic carbocycles. The quantitative estimate of drug-likeness (QED) is 0.553. The van der Waals surface area contributed by atoms with Crippen LogP contribution < -0.4 is 10.2 Å². The summed E-state index contributed by atoms with van der Waals surface area (Å²) in [6.45, 7) is 7.86. The molecule has 2 saturated heterocycles. The topological polar surface area (TPSA) is 99.3 Å². The van der Waals surface area contributed by atoms with E-state index in [0.29, 0.717) is 23.6 Å². The van der Waals surface area contributed by atoms with Crippen LogP contribution in [0.25, 0.3) is 5.82 Å². The van der Waals surface area contributed by atoms with Gasteiger partial charge in [0, 0.05) is 68.7 Å². The molecule has 36 heavy (non-hydrogen) atoms. The summed E-state index contributed by atoms with van der Waals surface area (Å²) in [5.41, 5.74) is 6.72. The lowest BCUT2D eigenvalue weighted by molar-refractivity contribution is 0.0535. The number of piperazine rings is 1. The number of hydrogen-bond donors (Lipinski definition) is 1. The number of nitrogens with one attached hydrogen (secondary N) is 1. The number of cyclic esters (lactones) is 1. The molecule has 6 rings (SSSR count). The molecule has 3 aliphatic heterocycles. The van der Waals surface area contributed by atoms with E-state index in [-0.39, 0.29) is 12.0 Å². The van der Waals surface area contributed by atoms with Crippen LogP contribution in [0, 0.1) is 18.3 Å². The monoisotopic (exact) mass is 483 g/mol. The second-order valence-electron chi connectivity index (χ2n) is 9.78. The summed E-state index contributed by atoms with van der Waals surface area (Å²) in [5.74, 6) is 0.432. The van der Waals surface area contributed by atoms with E-state index in [9.17, 15) is 10.1 Å². The number of pyridine rings is 1. The second-order valence-corrected chi connectivity index (χ2v) is 9.78. The molecule has 0 unspecified atom stereocenters. The number of benzene rings is 1. The van der Waals surface area contributed by atoms with Gasteiger partial charge in [0.05, 0.1) is 29.2 Å². The Bertz CT molecular complexity index is 1350. The lowest BCUT2D eigenvalue weighted by atomic mass is 9.93. The van der Waals surface area contributed by atoms with Crippen LogP contribution >= 0.6 is 0 Å². The van der Waals surface area contributed by atoms with Crippen molar-refractivity contribution in [2.24, 2.45) is 0 Å². The van der Waals surface area contributed by atoms with Crippen molar-refractivity contribution in [3.8, 4) is 11.9 Å². The maximum Gasteiger partial charge on any atom is 0.338 e. The van der Waals surface area contributed by atoms with Crippen molar-refractivity contribution in [3.05, 3.63) is 70.2 Å². The van der Waals surface area contributed by atoms with Gasteiger partial charge in [0.2, 0.25) is 0 Å². The highest BCUT2D eigenvalue weighted by Crippen LogP contribution is 2.30. The lowest BCUT2D eigenvalue weighted by Gasteiger charge is -2.34. The Labute approximate surface area is 210 Å². The molecular formula is C27H29N7O2. The zero-order valence-electron chi connectivity index (χ0n) is 20.4. The highest BCUT2D eigenvalue weighted by Gasteiger charge is 2.28. The predicted molar refractivity (Wildman–Crippen MR) is 134 cm³/mol. The maximum atomic E-state index is 11.9. The Morgan fingerprint density at radius 2 is 2.08 bits per heavy atom. The summed E-state index contributed by atoms with van der Waals surface area (Å²) in [6, 6.07) is 8.31. The molecule has 5 heterocycles. The van der Waals surface area contributed by atoms with Crippen LogP contribution in [0.2, 0.25) is 0 Å². The van der Waals surface area contributed by atoms with E-state index >= 15 is 0 Å². The first-order valence-electron chi connectivity index (χ1n) is 12.5. The molecule has 2 aromatic heterocycles. The van der Waals surface area contributed by atoms with Crippen LogP contribution in [-0.4, -0.2) is 58.4 Å². The summed E-state index contributed by atoms with van der Waals surface area (Å²) >= 11 is 0. The second kappa shape index (κ2) is 9.37. The fraction of sp³-hybridized carbons (Fsp3) is 0.407. The van der Waals surface area contributed by atoms with Gasteiger partial charge in [0.25, 0.3) is 0 Å². The van der Waals surface area contributed by atoms with Gasteiger partial charge >= 0.3 is 5.97 Å². The fourth-order valence-corrected chi connectivity index (χ4v) is 5.60. The zero-order valence-corrected chi connectivity index (χ0v) is 20.4. The van der Waals surface area contributed by atoms with Crippen molar-refractivity contribution < 1.29 is 9.53 Å². The number of aromatic nitrogens is 3. The summed E-state index contributed by atoms with van der Waals surface area (Å²) in [6.07, 6.45) is 7.99. The molecule has 3 aromatic rings. The van der Waals surface area contributed by atoms with E-state index < -0.39 is 0 Å². The van der Waals surface area contributed by atoms with E-state index in [0.717, 1.165) is 74.5 Å². The number of carbonyl (C=O) groups is 1. The van der Waals surface area contributed by atoms with Gasteiger partial charge in [-0.3, -0.25) is 4.90 Å². The van der Waals surface area contributed by atoms with Crippen LogP contribution in [0.3, 0.4) is 0 Å². The number of nitriles is 1. The SMILES string of the molecule is Cc1c([C@@H]2CN(Cc3cnn(-c4cc(C#N)c(N5CCCC5)cn4)c3)CCN2)ccc2c1COC2=O. The van der Waals surface area contributed by atoms with Crippen molar-refractivity contribution >= 4 is 11.7 Å². The Kier molecular flexibility index (Phi) is 5.91. The molecule has 1 atom stereocenters. The molecule has 184 valence electrons. The molecule has 9 nitrogen and oxygen atoms in total. The third kappa shape index (κ3) is 4.12. The standard InChI is InChI=1S/C27H29N7O2/c1-18-21(4-5-22-23(18)17-36-27(22)35)24-16-32(9-6-29-24)14-19-12-31-34(15-19)26-10-20(11-28)25(13-30-26)33-7-2-3-8-33/h4-5,10,12-13,15,24,29H,2-3,6-9,14,16-17H2,1H3/t24-/m0/s1. The molecule has 9 heteroatoms. The number of hydrogen-bond acceptors (Lipinski definition) is 8. The fourth-order valence-electron chi connectivity index (χ4n) is 5.60. The first kappa shape index (κ1) is 22.7. The van der Waals surface area contributed by atoms with Gasteiger partial charge in [-0.05, 0) is 37.0 Å². The van der Waals surface area contributed by atoms with Crippen molar-refractivity contribution in [2.45, 2.75) is 39.0 Å². The number of rotatable bonds is 5. The van der Waals surface area contributed by atoms with Gasteiger partial charge in [0.1, 0.15) is 12.7 Å². The van der Waals surface area contributed by atoms with E-state index in [1.165, 1.54) is 5.56 Å². The lowest BCUT2D eigenvalue weighted by Crippen LogP contribution is -2.45. The minimum Gasteiger partial charge on any atom is -0.457 e. The van der Waals surface area contributed by atoms with Gasteiger partial charge in [-0.15, -0.1) is 0 Å². The summed E-state index contributed by atoms with van der Waals surface area (Å²) in [4.78, 5) is 21.2. The highest BCUT2D eigenvalue weighted by molar-refractivity contribution is 5.94. The Morgan fingerprint density at radius 3 is 2.92 bits per heavy atom. The van der Waals surface area contributed by atoms with E-state index in [1.54, 1.807) is 10.9 Å². The average molecular weight is 484 g/mol. The number of anilines is 1. The van der Waals surface area contributed by atoms with Gasteiger partial charge in [-0.25, -0.2) is 14.5 Å². The molecular weight excluding hydrogens is 454 g/mol. The number of esters is 1. The van der Waals surface area contributed by atoms with E-state index in [2.05, 4.69) is 44.3 Å². The van der Waals surface area contributed by atoms with Crippen LogP contribution in [0.1, 0.15) is 57.1 Å². The largest absolute Gasteiger partial charge is 0.457 e. The van der Waals surface area contributed by atoms with Gasteiger partial charge < -0.3 is 15.0 Å². The van der Waals surface area contributed by atoms with Crippen LogP contribution in [0.15, 0.2) is 36.8 Å². The van der Waals surface area contributed by atoms with Crippen molar-refractivity contribution in [3.63, 3.8) is 0 Å². The molecule has 0 radical (unpaired) electrons. The van der Waals surface area contributed by atoms with E-state index in [1.807, 2.05) is 24.5 Å². The average Bonchev–Trinajstić information content (AvgIpc) is 3.67. The molecule has 1 N–H and O–H groups in total. The summed E-state index contributed by atoms with van der Waals surface area (Å²) < 4.78 is 6.98. The molecule has 2 fully saturated rings. The molecule has 0 saturated carbocycles. The zero-order chi connectivity index (χ0) is 24.6. The number of carbonyl (C=O) groups excluding carboxylic acids is 1. The van der Waals surface area contributed by atoms with Crippen molar-refractivity contribution in [2.75, 3.05) is 37.6 Å². The molecule has 0 spiro atoms. The Balaban J connectivity index is 1.16. The predicted octanol–water partition coefficient (Wildman–Crippen LogP) is 2.86. The van der Waals surface area contributed by atoms with Crippen molar-refractivity contribution in [1.82, 2.24) is 25.0 Å². The minimum absolute atomic E-state index is 0.188. The Morgan fingerprint density at radius 1 is 1.22 bits per heavy atom. The Hall–Kier alpha value is -3.74.